The smallest absolute Gasteiger partial charge is 0.327 e. The highest BCUT2D eigenvalue weighted by atomic mass is 16.4. The van der Waals surface area contributed by atoms with E-state index in [1.165, 1.54) is 0 Å². The van der Waals surface area contributed by atoms with E-state index in [-0.39, 0.29) is 0 Å². The summed E-state index contributed by atoms with van der Waals surface area (Å²) < 4.78 is 0. The number of carboxylic acid groups (broad SMARTS) is 1. The summed E-state index contributed by atoms with van der Waals surface area (Å²) in [5, 5.41) is 24.6. The molecule has 22 heavy (non-hydrogen) atoms. The third kappa shape index (κ3) is 2.03. The third-order valence-electron chi connectivity index (χ3n) is 4.52. The number of hydrogen-bond donors (Lipinski definition) is 3. The van der Waals surface area contributed by atoms with Crippen molar-refractivity contribution in [1.82, 2.24) is 5.32 Å². The molecule has 2 aromatic carbocycles. The van der Waals surface area contributed by atoms with E-state index in [1.807, 2.05) is 36.4 Å². The predicted molar refractivity (Wildman–Crippen MR) is 83.5 cm³/mol. The Kier molecular flexibility index (Phi) is 3.72. The highest BCUT2D eigenvalue weighted by Gasteiger charge is 2.59. The monoisotopic (exact) mass is 297 g/mol. The van der Waals surface area contributed by atoms with Crippen molar-refractivity contribution < 1.29 is 15.0 Å². The number of aliphatic carboxylic acids is 1. The Morgan fingerprint density at radius 2 is 1.50 bits per heavy atom. The quantitative estimate of drug-likeness (QED) is 0.808. The van der Waals surface area contributed by atoms with Gasteiger partial charge in [0, 0.05) is 0 Å². The van der Waals surface area contributed by atoms with Gasteiger partial charge in [-0.05, 0) is 30.5 Å². The molecule has 0 aromatic heterocycles. The number of aliphatic hydroxyl groups is 1. The molecule has 1 fully saturated rings. The Bertz CT molecular complexity index is 609. The molecule has 1 aliphatic heterocycles. The first-order chi connectivity index (χ1) is 10.6. The molecular weight excluding hydrogens is 278 g/mol. The van der Waals surface area contributed by atoms with Crippen molar-refractivity contribution in [2.45, 2.75) is 24.0 Å². The predicted octanol–water partition coefficient (Wildman–Crippen LogP) is 2.13. The largest absolute Gasteiger partial charge is 0.480 e. The Balaban J connectivity index is 2.26. The third-order valence-corrected chi connectivity index (χ3v) is 4.52. The minimum Gasteiger partial charge on any atom is -0.480 e. The van der Waals surface area contributed by atoms with Crippen molar-refractivity contribution in [3.05, 3.63) is 71.8 Å². The molecule has 0 bridgehead atoms. The van der Waals surface area contributed by atoms with Crippen molar-refractivity contribution in [2.24, 2.45) is 0 Å². The average molecular weight is 297 g/mol. The molecule has 0 amide bonds. The van der Waals surface area contributed by atoms with Crippen LogP contribution in [0.1, 0.15) is 24.0 Å². The number of carboxylic acids is 1. The molecule has 0 radical (unpaired) electrons. The van der Waals surface area contributed by atoms with E-state index in [0.29, 0.717) is 30.5 Å². The van der Waals surface area contributed by atoms with E-state index in [9.17, 15) is 15.0 Å². The molecule has 1 saturated heterocycles. The number of nitrogens with one attached hydrogen (secondary N) is 1. The molecule has 2 aromatic rings. The summed E-state index contributed by atoms with van der Waals surface area (Å²) in [7, 11) is 0. The lowest BCUT2D eigenvalue weighted by Crippen LogP contribution is -2.63. The molecule has 1 aliphatic rings. The molecule has 3 rings (SSSR count). The molecule has 0 spiro atoms. The second kappa shape index (κ2) is 5.55. The lowest BCUT2D eigenvalue weighted by molar-refractivity contribution is -0.155. The van der Waals surface area contributed by atoms with Gasteiger partial charge in [-0.2, -0.15) is 0 Å². The van der Waals surface area contributed by atoms with Crippen LogP contribution in [-0.4, -0.2) is 28.3 Å². The van der Waals surface area contributed by atoms with E-state index in [4.69, 9.17) is 0 Å². The van der Waals surface area contributed by atoms with Gasteiger partial charge in [0.1, 0.15) is 5.60 Å². The highest BCUT2D eigenvalue weighted by molar-refractivity contribution is 5.83. The van der Waals surface area contributed by atoms with Crippen LogP contribution >= 0.6 is 0 Å². The summed E-state index contributed by atoms with van der Waals surface area (Å²) >= 11 is 0. The van der Waals surface area contributed by atoms with Crippen molar-refractivity contribution in [2.75, 3.05) is 6.54 Å². The first-order valence-corrected chi connectivity index (χ1v) is 7.43. The first kappa shape index (κ1) is 14.8. The van der Waals surface area contributed by atoms with Crippen LogP contribution in [0.3, 0.4) is 0 Å². The minimum absolute atomic E-state index is 0.378. The standard InChI is InChI=1S/C18H19NO3/c20-16(21)17(12-7-13-19-17)18(22,14-8-3-1-4-9-14)15-10-5-2-6-11-15/h1-6,8-11,19,22H,7,12-13H2,(H,20,21)/t17-/m1/s1. The molecular formula is C18H19NO3. The fraction of sp³-hybridized carbons (Fsp3) is 0.278. The van der Waals surface area contributed by atoms with Gasteiger partial charge in [0.15, 0.2) is 5.54 Å². The molecule has 4 nitrogen and oxygen atoms in total. The Labute approximate surface area is 129 Å². The van der Waals surface area contributed by atoms with Crippen LogP contribution < -0.4 is 5.32 Å². The zero-order valence-electron chi connectivity index (χ0n) is 12.2. The van der Waals surface area contributed by atoms with Gasteiger partial charge in [-0.25, -0.2) is 0 Å². The SMILES string of the molecule is O=C(O)[C@@]1(C(O)(c2ccccc2)c2ccccc2)CCCN1. The zero-order chi connectivity index (χ0) is 15.6. The van der Waals surface area contributed by atoms with Crippen LogP contribution in [0.2, 0.25) is 0 Å². The molecule has 3 N–H and O–H groups in total. The maximum Gasteiger partial charge on any atom is 0.327 e. The average Bonchev–Trinajstić information content (AvgIpc) is 3.07. The van der Waals surface area contributed by atoms with Crippen molar-refractivity contribution >= 4 is 5.97 Å². The van der Waals surface area contributed by atoms with Crippen molar-refractivity contribution in [1.29, 1.82) is 0 Å². The topological polar surface area (TPSA) is 69.6 Å². The summed E-state index contributed by atoms with van der Waals surface area (Å²) in [6, 6.07) is 18.1. The van der Waals surface area contributed by atoms with Gasteiger partial charge in [0.2, 0.25) is 0 Å². The molecule has 1 atom stereocenters. The van der Waals surface area contributed by atoms with Gasteiger partial charge in [-0.1, -0.05) is 60.7 Å². The minimum atomic E-state index is -1.63. The van der Waals surface area contributed by atoms with E-state index in [0.717, 1.165) is 0 Å². The molecule has 4 heteroatoms. The van der Waals surface area contributed by atoms with Gasteiger partial charge >= 0.3 is 5.97 Å². The van der Waals surface area contributed by atoms with E-state index in [2.05, 4.69) is 5.32 Å². The molecule has 0 aliphatic carbocycles. The maximum absolute atomic E-state index is 12.1. The number of carbonyl (C=O) groups is 1. The summed E-state index contributed by atoms with van der Waals surface area (Å²) in [6.45, 7) is 0.578. The molecule has 114 valence electrons. The Morgan fingerprint density at radius 1 is 1.00 bits per heavy atom. The highest BCUT2D eigenvalue weighted by Crippen LogP contribution is 2.44. The van der Waals surface area contributed by atoms with E-state index in [1.54, 1.807) is 24.3 Å². The normalized spacial score (nSPS) is 21.7. The van der Waals surface area contributed by atoms with E-state index < -0.39 is 17.1 Å². The molecule has 0 saturated carbocycles. The number of rotatable bonds is 4. The van der Waals surface area contributed by atoms with Crippen LogP contribution in [0.25, 0.3) is 0 Å². The Morgan fingerprint density at radius 3 is 1.86 bits per heavy atom. The maximum atomic E-state index is 12.1. The lowest BCUT2D eigenvalue weighted by atomic mass is 9.70. The van der Waals surface area contributed by atoms with Crippen LogP contribution in [0.5, 0.6) is 0 Å². The van der Waals surface area contributed by atoms with Gasteiger partial charge in [-0.15, -0.1) is 0 Å². The van der Waals surface area contributed by atoms with Gasteiger partial charge in [0.25, 0.3) is 0 Å². The van der Waals surface area contributed by atoms with Crippen molar-refractivity contribution in [3.8, 4) is 0 Å². The number of hydrogen-bond acceptors (Lipinski definition) is 3. The molecule has 0 unspecified atom stereocenters. The number of benzene rings is 2. The van der Waals surface area contributed by atoms with Crippen molar-refractivity contribution in [3.63, 3.8) is 0 Å². The van der Waals surface area contributed by atoms with Crippen LogP contribution in [0, 0.1) is 0 Å². The van der Waals surface area contributed by atoms with Crippen LogP contribution in [0.4, 0.5) is 0 Å². The summed E-state index contributed by atoms with van der Waals surface area (Å²) in [5.41, 5.74) is -1.89. The van der Waals surface area contributed by atoms with Crippen LogP contribution in [-0.2, 0) is 10.4 Å². The fourth-order valence-corrected chi connectivity index (χ4v) is 3.41. The second-order valence-electron chi connectivity index (χ2n) is 5.68. The fourth-order valence-electron chi connectivity index (χ4n) is 3.41. The first-order valence-electron chi connectivity index (χ1n) is 7.43. The summed E-state index contributed by atoms with van der Waals surface area (Å²) in [6.07, 6.45) is 1.09. The van der Waals surface area contributed by atoms with Gasteiger partial charge in [-0.3, -0.25) is 10.1 Å². The van der Waals surface area contributed by atoms with E-state index >= 15 is 0 Å². The lowest BCUT2D eigenvalue weighted by Gasteiger charge is -2.43. The van der Waals surface area contributed by atoms with Gasteiger partial charge < -0.3 is 10.2 Å². The molecule has 1 heterocycles. The summed E-state index contributed by atoms with van der Waals surface area (Å²) in [5.74, 6) is -1.03. The Hall–Kier alpha value is -2.17. The zero-order valence-corrected chi connectivity index (χ0v) is 12.2. The summed E-state index contributed by atoms with van der Waals surface area (Å²) in [4.78, 5) is 12.1. The van der Waals surface area contributed by atoms with Crippen LogP contribution in [0.15, 0.2) is 60.7 Å². The van der Waals surface area contributed by atoms with Gasteiger partial charge in [0.05, 0.1) is 0 Å². The second-order valence-corrected chi connectivity index (χ2v) is 5.68.